The van der Waals surface area contributed by atoms with Crippen LogP contribution in [0.1, 0.15) is 34.8 Å². The molecule has 0 aromatic heterocycles. The number of likely N-dealkylation sites (tertiary alicyclic amines) is 1. The molecule has 10 nitrogen and oxygen atoms in total. The highest BCUT2D eigenvalue weighted by molar-refractivity contribution is 6.30. The lowest BCUT2D eigenvalue weighted by Crippen LogP contribution is -2.59. The van der Waals surface area contributed by atoms with E-state index in [0.29, 0.717) is 17.5 Å². The summed E-state index contributed by atoms with van der Waals surface area (Å²) in [4.78, 5) is 31.8. The predicted molar refractivity (Wildman–Crippen MR) is 155 cm³/mol. The first-order valence-electron chi connectivity index (χ1n) is 13.8. The van der Waals surface area contributed by atoms with E-state index in [2.05, 4.69) is 15.2 Å². The van der Waals surface area contributed by atoms with Gasteiger partial charge >= 0.3 is 12.5 Å². The van der Waals surface area contributed by atoms with Crippen molar-refractivity contribution in [3.63, 3.8) is 0 Å². The normalized spacial score (nSPS) is 15.8. The van der Waals surface area contributed by atoms with Crippen molar-refractivity contribution in [2.75, 3.05) is 19.8 Å². The second-order valence-corrected chi connectivity index (χ2v) is 10.5. The Morgan fingerprint density at radius 1 is 1.02 bits per heavy atom. The van der Waals surface area contributed by atoms with Gasteiger partial charge in [-0.3, -0.25) is 9.59 Å². The number of carbonyl (C=O) groups is 2. The molecule has 0 radical (unpaired) electrons. The van der Waals surface area contributed by atoms with E-state index in [4.69, 9.17) is 26.9 Å². The number of halogens is 7. The van der Waals surface area contributed by atoms with Crippen LogP contribution in [0.3, 0.4) is 0 Å². The molecule has 252 valence electrons. The molecule has 3 aromatic carbocycles. The van der Waals surface area contributed by atoms with Crippen LogP contribution >= 0.6 is 11.6 Å². The lowest BCUT2D eigenvalue weighted by Gasteiger charge is -2.40. The molecule has 2 amide bonds. The molecule has 1 heterocycles. The minimum Gasteiger partial charge on any atom is -0.490 e. The van der Waals surface area contributed by atoms with Gasteiger partial charge in [0.05, 0.1) is 5.56 Å². The number of nitrogens with zero attached hydrogens (tertiary/aromatic N) is 2. The van der Waals surface area contributed by atoms with Gasteiger partial charge in [0.1, 0.15) is 24.1 Å². The summed E-state index contributed by atoms with van der Waals surface area (Å²) in [6, 6.07) is 12.9. The van der Waals surface area contributed by atoms with Crippen LogP contribution in [0.4, 0.5) is 26.3 Å². The molecular formula is C30H27ClF6N4O6. The molecule has 0 aliphatic carbocycles. The zero-order valence-corrected chi connectivity index (χ0v) is 24.9. The third-order valence-electron chi connectivity index (χ3n) is 6.77. The Hall–Kier alpha value is -4.70. The van der Waals surface area contributed by atoms with E-state index in [1.54, 1.807) is 24.3 Å². The van der Waals surface area contributed by atoms with Gasteiger partial charge in [0.15, 0.2) is 18.5 Å². The fourth-order valence-electron chi connectivity index (χ4n) is 4.39. The van der Waals surface area contributed by atoms with Gasteiger partial charge in [-0.1, -0.05) is 47.1 Å². The third-order valence-corrected chi connectivity index (χ3v) is 6.98. The number of amidine groups is 1. The van der Waals surface area contributed by atoms with Gasteiger partial charge in [0, 0.05) is 23.7 Å². The summed E-state index contributed by atoms with van der Waals surface area (Å²) in [6.07, 6.45) is -11.1. The molecule has 0 spiro atoms. The minimum atomic E-state index is -5.01. The minimum absolute atomic E-state index is 0.0126. The lowest BCUT2D eigenvalue weighted by atomic mass is 9.98. The van der Waals surface area contributed by atoms with E-state index >= 15 is 0 Å². The van der Waals surface area contributed by atoms with Crippen molar-refractivity contribution in [3.05, 3.63) is 94.0 Å². The summed E-state index contributed by atoms with van der Waals surface area (Å²) in [6.45, 7) is 0.0454. The summed E-state index contributed by atoms with van der Waals surface area (Å²) < 4.78 is 85.3. The predicted octanol–water partition coefficient (Wildman–Crippen LogP) is 4.92. The molecule has 1 saturated heterocycles. The quantitative estimate of drug-likeness (QED) is 0.0808. The fourth-order valence-corrected chi connectivity index (χ4v) is 4.62. The highest BCUT2D eigenvalue weighted by atomic mass is 35.5. The van der Waals surface area contributed by atoms with Crippen LogP contribution in [0, 0.1) is 0 Å². The zero-order chi connectivity index (χ0) is 34.4. The van der Waals surface area contributed by atoms with Crippen LogP contribution in [0.5, 0.6) is 11.5 Å². The number of oxime groups is 1. The Morgan fingerprint density at radius 3 is 2.38 bits per heavy atom. The van der Waals surface area contributed by atoms with Crippen molar-refractivity contribution in [1.29, 1.82) is 0 Å². The Balaban J connectivity index is 1.23. The first-order chi connectivity index (χ1) is 22.1. The van der Waals surface area contributed by atoms with Gasteiger partial charge < -0.3 is 35.4 Å². The second kappa shape index (κ2) is 14.8. The molecule has 2 atom stereocenters. The number of aliphatic hydroxyl groups is 1. The lowest BCUT2D eigenvalue weighted by molar-refractivity contribution is -0.274. The molecule has 17 heteroatoms. The first kappa shape index (κ1) is 35.2. The number of amides is 2. The third kappa shape index (κ3) is 9.89. The monoisotopic (exact) mass is 688 g/mol. The molecule has 47 heavy (non-hydrogen) atoms. The Kier molecular flexibility index (Phi) is 11.1. The molecule has 0 unspecified atom stereocenters. The summed E-state index contributed by atoms with van der Waals surface area (Å²) in [5, 5.41) is 16.8. The molecule has 1 aliphatic rings. The van der Waals surface area contributed by atoms with E-state index < -0.39 is 47.8 Å². The van der Waals surface area contributed by atoms with Crippen molar-refractivity contribution < 1.29 is 55.3 Å². The topological polar surface area (TPSA) is 136 Å². The maximum Gasteiger partial charge on any atom is 0.573 e. The number of ether oxygens (including phenoxy) is 2. The van der Waals surface area contributed by atoms with Crippen molar-refractivity contribution in [3.8, 4) is 11.5 Å². The van der Waals surface area contributed by atoms with Crippen molar-refractivity contribution in [2.45, 2.75) is 37.7 Å². The highest BCUT2D eigenvalue weighted by Crippen LogP contribution is 2.32. The van der Waals surface area contributed by atoms with E-state index in [9.17, 15) is 41.0 Å². The van der Waals surface area contributed by atoms with Crippen LogP contribution in [-0.2, 0) is 27.1 Å². The van der Waals surface area contributed by atoms with Gasteiger partial charge in [-0.25, -0.2) is 0 Å². The second-order valence-electron chi connectivity index (χ2n) is 10.1. The SMILES string of the molecule is N/C(=N\OCCOc1cccc(C(F)(F)F)c1)c1ccc(CNC(=O)[C@@H]2CCN2C(=O)[C@H](O)c2cc(Cl)cc(OC(F)(F)F)c2)cc1. The Morgan fingerprint density at radius 2 is 1.74 bits per heavy atom. The average molecular weight is 689 g/mol. The molecular weight excluding hydrogens is 662 g/mol. The molecule has 1 aliphatic heterocycles. The number of alkyl halides is 6. The molecule has 4 N–H and O–H groups in total. The van der Waals surface area contributed by atoms with E-state index in [1.165, 1.54) is 12.1 Å². The molecule has 0 bridgehead atoms. The average Bonchev–Trinajstić information content (AvgIpc) is 2.97. The number of hydrogen-bond acceptors (Lipinski definition) is 7. The molecule has 1 fully saturated rings. The van der Waals surface area contributed by atoms with E-state index in [0.717, 1.165) is 35.2 Å². The molecule has 4 rings (SSSR count). The summed E-state index contributed by atoms with van der Waals surface area (Å²) in [5.41, 5.74) is 5.99. The standard InChI is InChI=1S/C30H27ClF6N4O6/c31-21-12-19(13-23(15-21)47-30(35,36)37)25(42)28(44)41-9-8-24(41)27(43)39-16-17-4-6-18(7-5-17)26(38)40-46-11-10-45-22-3-1-2-20(14-22)29(32,33)34/h1-7,12-15,24-25,42H,8-11,16H2,(H2,38,40)(H,39,43)/t24-,25+/m0/s1. The van der Waals surface area contributed by atoms with Gasteiger partial charge in [-0.05, 0) is 53.9 Å². The maximum atomic E-state index is 12.9. The number of benzene rings is 3. The smallest absolute Gasteiger partial charge is 0.490 e. The van der Waals surface area contributed by atoms with E-state index in [-0.39, 0.29) is 48.5 Å². The van der Waals surface area contributed by atoms with Crippen LogP contribution in [0.2, 0.25) is 5.02 Å². The summed E-state index contributed by atoms with van der Waals surface area (Å²) in [7, 11) is 0. The summed E-state index contributed by atoms with van der Waals surface area (Å²) in [5.74, 6) is -2.07. The number of nitrogens with one attached hydrogen (secondary N) is 1. The number of nitrogens with two attached hydrogens (primary N) is 1. The Labute approximate surface area is 268 Å². The maximum absolute atomic E-state index is 12.9. The fraction of sp³-hybridized carbons (Fsp3) is 0.300. The van der Waals surface area contributed by atoms with Gasteiger partial charge in [-0.15, -0.1) is 13.2 Å². The first-order valence-corrected chi connectivity index (χ1v) is 14.2. The number of aliphatic hydroxyl groups excluding tert-OH is 1. The van der Waals surface area contributed by atoms with Gasteiger partial charge in [0.2, 0.25) is 5.91 Å². The number of rotatable bonds is 12. The van der Waals surface area contributed by atoms with Crippen molar-refractivity contribution >= 4 is 29.3 Å². The van der Waals surface area contributed by atoms with Crippen LogP contribution in [0.25, 0.3) is 0 Å². The van der Waals surface area contributed by atoms with Crippen molar-refractivity contribution in [2.24, 2.45) is 10.9 Å². The molecule has 0 saturated carbocycles. The highest BCUT2D eigenvalue weighted by Gasteiger charge is 2.40. The largest absolute Gasteiger partial charge is 0.573 e. The van der Waals surface area contributed by atoms with Gasteiger partial charge in [-0.2, -0.15) is 13.2 Å². The van der Waals surface area contributed by atoms with Gasteiger partial charge in [0.25, 0.3) is 5.91 Å². The van der Waals surface area contributed by atoms with Crippen LogP contribution in [-0.4, -0.2) is 59.8 Å². The van der Waals surface area contributed by atoms with Crippen molar-refractivity contribution in [1.82, 2.24) is 10.2 Å². The summed E-state index contributed by atoms with van der Waals surface area (Å²) >= 11 is 5.83. The van der Waals surface area contributed by atoms with Crippen LogP contribution in [0.15, 0.2) is 71.9 Å². The Bertz CT molecular complexity index is 1600. The number of carbonyl (C=O) groups excluding carboxylic acids is 2. The molecule has 3 aromatic rings. The van der Waals surface area contributed by atoms with E-state index in [1.807, 2.05) is 0 Å². The van der Waals surface area contributed by atoms with Crippen LogP contribution < -0.4 is 20.5 Å². The zero-order valence-electron chi connectivity index (χ0n) is 24.1. The number of hydrogen-bond donors (Lipinski definition) is 3.